The van der Waals surface area contributed by atoms with Crippen molar-refractivity contribution < 1.29 is 27.1 Å². The summed E-state index contributed by atoms with van der Waals surface area (Å²) in [6, 6.07) is 19.1. The third kappa shape index (κ3) is 7.34. The van der Waals surface area contributed by atoms with E-state index < -0.39 is 10.0 Å². The zero-order valence-electron chi connectivity index (χ0n) is 24.4. The number of halogens is 1. The predicted molar refractivity (Wildman–Crippen MR) is 162 cm³/mol. The summed E-state index contributed by atoms with van der Waals surface area (Å²) < 4.78 is 47.5. The van der Waals surface area contributed by atoms with Crippen molar-refractivity contribution in [2.24, 2.45) is 0 Å². The second kappa shape index (κ2) is 13.1. The van der Waals surface area contributed by atoms with E-state index in [0.717, 1.165) is 11.1 Å². The molecule has 228 valence electrons. The fourth-order valence-corrected chi connectivity index (χ4v) is 7.01. The molecule has 9 nitrogen and oxygen atoms in total. The number of para-hydroxylation sites is 2. The third-order valence-electron chi connectivity index (χ3n) is 8.00. The number of aryl methyl sites for hydroxylation is 1. The Morgan fingerprint density at radius 1 is 0.930 bits per heavy atom. The Labute approximate surface area is 252 Å². The van der Waals surface area contributed by atoms with Gasteiger partial charge in [0.2, 0.25) is 15.9 Å². The number of rotatable bonds is 10. The highest BCUT2D eigenvalue weighted by Crippen LogP contribution is 2.33. The molecule has 2 fully saturated rings. The second-order valence-corrected chi connectivity index (χ2v) is 13.0. The Hall–Kier alpha value is -3.96. The van der Waals surface area contributed by atoms with Crippen molar-refractivity contribution >= 4 is 27.6 Å². The van der Waals surface area contributed by atoms with Gasteiger partial charge in [-0.1, -0.05) is 42.0 Å². The lowest BCUT2D eigenvalue weighted by atomic mass is 10.0. The number of nitrogens with one attached hydrogen (secondary N) is 1. The number of benzene rings is 3. The van der Waals surface area contributed by atoms with E-state index in [2.05, 4.69) is 5.32 Å². The Kier molecular flexibility index (Phi) is 9.31. The highest BCUT2D eigenvalue weighted by molar-refractivity contribution is 7.89. The molecule has 1 aliphatic carbocycles. The number of sulfonamides is 1. The van der Waals surface area contributed by atoms with Crippen LogP contribution < -0.4 is 10.1 Å². The maximum atomic E-state index is 14.0. The summed E-state index contributed by atoms with van der Waals surface area (Å²) in [5.74, 6) is -0.133. The summed E-state index contributed by atoms with van der Waals surface area (Å²) in [5.41, 5.74) is 2.26. The molecule has 3 aromatic carbocycles. The number of methoxy groups -OCH3 is 1. The Bertz CT molecular complexity index is 1540. The quantitative estimate of drug-likeness (QED) is 0.349. The normalized spacial score (nSPS) is 15.8. The van der Waals surface area contributed by atoms with Crippen LogP contribution in [0.15, 0.2) is 77.7 Å². The number of carbonyl (C=O) groups is 2. The summed E-state index contributed by atoms with van der Waals surface area (Å²) in [6.45, 7) is 2.63. The standard InChI is InChI=1S/C32H37FN4O5S/c1-23-7-15-28(16-8-23)43(40,41)37(27-13-14-27)22-31(38)36(21-24-9-11-25(33)12-10-24)26-17-19-35(20-18-26)32(39)34-29-5-3-4-6-30(29)42-2/h3-12,15-16,26-27H,13-14,17-22H2,1-2H3,(H,34,39). The number of ether oxygens (including phenoxy) is 1. The van der Waals surface area contributed by atoms with E-state index in [9.17, 15) is 22.4 Å². The predicted octanol–water partition coefficient (Wildman–Crippen LogP) is 5.02. The van der Waals surface area contributed by atoms with Gasteiger partial charge in [-0.2, -0.15) is 4.31 Å². The lowest BCUT2D eigenvalue weighted by Gasteiger charge is -2.39. The molecule has 0 bridgehead atoms. The zero-order valence-corrected chi connectivity index (χ0v) is 25.2. The molecule has 0 atom stereocenters. The van der Waals surface area contributed by atoms with Crippen LogP contribution in [-0.2, 0) is 21.4 Å². The third-order valence-corrected chi connectivity index (χ3v) is 9.91. The smallest absolute Gasteiger partial charge is 0.321 e. The number of hydrogen-bond acceptors (Lipinski definition) is 5. The highest BCUT2D eigenvalue weighted by Gasteiger charge is 2.41. The lowest BCUT2D eigenvalue weighted by molar-refractivity contribution is -0.135. The zero-order chi connectivity index (χ0) is 30.6. The van der Waals surface area contributed by atoms with Crippen molar-refractivity contribution in [1.29, 1.82) is 0 Å². The minimum Gasteiger partial charge on any atom is -0.495 e. The van der Waals surface area contributed by atoms with Crippen LogP contribution in [-0.4, -0.2) is 73.3 Å². The summed E-state index contributed by atoms with van der Waals surface area (Å²) in [6.07, 6.45) is 2.44. The molecule has 0 unspecified atom stereocenters. The van der Waals surface area contributed by atoms with Gasteiger partial charge in [-0.05, 0) is 74.6 Å². The molecular formula is C32H37FN4O5S. The van der Waals surface area contributed by atoms with E-state index in [-0.39, 0.29) is 47.8 Å². The summed E-state index contributed by atoms with van der Waals surface area (Å²) in [5, 5.41) is 2.90. The van der Waals surface area contributed by atoms with Gasteiger partial charge in [-0.25, -0.2) is 17.6 Å². The van der Waals surface area contributed by atoms with Crippen LogP contribution in [0, 0.1) is 12.7 Å². The van der Waals surface area contributed by atoms with E-state index in [4.69, 9.17) is 4.74 Å². The van der Waals surface area contributed by atoms with Crippen molar-refractivity contribution in [1.82, 2.24) is 14.1 Å². The summed E-state index contributed by atoms with van der Waals surface area (Å²) in [4.78, 5) is 30.5. The van der Waals surface area contributed by atoms with Gasteiger partial charge in [0.15, 0.2) is 0 Å². The Morgan fingerprint density at radius 3 is 2.21 bits per heavy atom. The average Bonchev–Trinajstić information content (AvgIpc) is 3.85. The molecule has 1 saturated heterocycles. The minimum absolute atomic E-state index is 0.164. The fraction of sp³-hybridized carbons (Fsp3) is 0.375. The highest BCUT2D eigenvalue weighted by atomic mass is 32.2. The SMILES string of the molecule is COc1ccccc1NC(=O)N1CCC(N(Cc2ccc(F)cc2)C(=O)CN(C2CC2)S(=O)(=O)c2ccc(C)cc2)CC1. The number of piperidine rings is 1. The largest absolute Gasteiger partial charge is 0.495 e. The van der Waals surface area contributed by atoms with Crippen LogP contribution in [0.25, 0.3) is 0 Å². The number of nitrogens with zero attached hydrogens (tertiary/aromatic N) is 3. The molecule has 0 aromatic heterocycles. The fourth-order valence-electron chi connectivity index (χ4n) is 5.37. The van der Waals surface area contributed by atoms with E-state index in [1.807, 2.05) is 19.1 Å². The van der Waals surface area contributed by atoms with Gasteiger partial charge in [0, 0.05) is 31.7 Å². The van der Waals surface area contributed by atoms with Crippen LogP contribution in [0.2, 0.25) is 0 Å². The van der Waals surface area contributed by atoms with Crippen LogP contribution in [0.4, 0.5) is 14.9 Å². The molecule has 1 N–H and O–H groups in total. The first-order valence-corrected chi connectivity index (χ1v) is 15.9. The molecule has 1 saturated carbocycles. The minimum atomic E-state index is -3.88. The number of amides is 3. The van der Waals surface area contributed by atoms with Gasteiger partial charge < -0.3 is 19.9 Å². The van der Waals surface area contributed by atoms with Gasteiger partial charge >= 0.3 is 6.03 Å². The van der Waals surface area contributed by atoms with E-state index in [0.29, 0.717) is 50.2 Å². The molecule has 0 spiro atoms. The van der Waals surface area contributed by atoms with E-state index in [1.54, 1.807) is 65.4 Å². The molecule has 43 heavy (non-hydrogen) atoms. The topological polar surface area (TPSA) is 99.3 Å². The second-order valence-electron chi connectivity index (χ2n) is 11.1. The molecular weight excluding hydrogens is 571 g/mol. The Balaban J connectivity index is 1.31. The van der Waals surface area contributed by atoms with Crippen LogP contribution in [0.5, 0.6) is 5.75 Å². The van der Waals surface area contributed by atoms with Gasteiger partial charge in [-0.3, -0.25) is 4.79 Å². The van der Waals surface area contributed by atoms with Crippen molar-refractivity contribution in [3.8, 4) is 5.75 Å². The van der Waals surface area contributed by atoms with Gasteiger partial charge in [0.05, 0.1) is 24.2 Å². The Morgan fingerprint density at radius 2 is 1.58 bits per heavy atom. The average molecular weight is 609 g/mol. The van der Waals surface area contributed by atoms with Crippen LogP contribution >= 0.6 is 0 Å². The van der Waals surface area contributed by atoms with Gasteiger partial charge in [0.25, 0.3) is 0 Å². The van der Waals surface area contributed by atoms with Crippen LogP contribution in [0.1, 0.15) is 36.8 Å². The summed E-state index contributed by atoms with van der Waals surface area (Å²) in [7, 11) is -2.34. The molecule has 3 aromatic rings. The molecule has 3 amide bonds. The summed E-state index contributed by atoms with van der Waals surface area (Å²) >= 11 is 0. The number of carbonyl (C=O) groups excluding carboxylic acids is 2. The van der Waals surface area contributed by atoms with Crippen molar-refractivity contribution in [2.45, 2.75) is 56.1 Å². The molecule has 1 heterocycles. The monoisotopic (exact) mass is 608 g/mol. The van der Waals surface area contributed by atoms with E-state index >= 15 is 0 Å². The van der Waals surface area contributed by atoms with Crippen molar-refractivity contribution in [3.05, 3.63) is 89.7 Å². The van der Waals surface area contributed by atoms with E-state index in [1.165, 1.54) is 16.4 Å². The maximum absolute atomic E-state index is 14.0. The number of hydrogen-bond donors (Lipinski definition) is 1. The number of anilines is 1. The number of likely N-dealkylation sites (tertiary alicyclic amines) is 1. The number of urea groups is 1. The maximum Gasteiger partial charge on any atom is 0.321 e. The first kappa shape index (κ1) is 30.5. The molecule has 0 radical (unpaired) electrons. The molecule has 1 aliphatic heterocycles. The van der Waals surface area contributed by atoms with Gasteiger partial charge in [-0.15, -0.1) is 0 Å². The van der Waals surface area contributed by atoms with Crippen molar-refractivity contribution in [2.75, 3.05) is 32.1 Å². The van der Waals surface area contributed by atoms with Gasteiger partial charge in [0.1, 0.15) is 11.6 Å². The first-order chi connectivity index (χ1) is 20.7. The van der Waals surface area contributed by atoms with Crippen LogP contribution in [0.3, 0.4) is 0 Å². The lowest BCUT2D eigenvalue weighted by Crippen LogP contribution is -2.52. The molecule has 5 rings (SSSR count). The van der Waals surface area contributed by atoms with Crippen molar-refractivity contribution in [3.63, 3.8) is 0 Å². The molecule has 11 heteroatoms. The molecule has 2 aliphatic rings. The first-order valence-electron chi connectivity index (χ1n) is 14.5.